The molecule has 0 atom stereocenters. The Morgan fingerprint density at radius 1 is 1.11 bits per heavy atom. The molecule has 3 rings (SSSR count). The van der Waals surface area contributed by atoms with Gasteiger partial charge in [-0.2, -0.15) is 0 Å². The molecule has 1 nitrogen and oxygen atoms in total. The number of benzene rings is 2. The van der Waals surface area contributed by atoms with Crippen LogP contribution in [0.5, 0.6) is 0 Å². The van der Waals surface area contributed by atoms with E-state index in [-0.39, 0.29) is 5.82 Å². The highest BCUT2D eigenvalue weighted by molar-refractivity contribution is 6.30. The lowest BCUT2D eigenvalue weighted by molar-refractivity contribution is 0.628. The summed E-state index contributed by atoms with van der Waals surface area (Å²) in [4.78, 5) is 0. The number of halogens is 2. The first-order valence-electron chi connectivity index (χ1n) is 6.49. The van der Waals surface area contributed by atoms with Gasteiger partial charge in [-0.15, -0.1) is 0 Å². The third-order valence-electron chi connectivity index (χ3n) is 3.39. The molecule has 19 heavy (non-hydrogen) atoms. The SMILES string of the molecule is Fc1cc(Cl)cc(NCc2ccc(C3CC3)cc2)c1. The van der Waals surface area contributed by atoms with Crippen molar-refractivity contribution in [3.63, 3.8) is 0 Å². The van der Waals surface area contributed by atoms with Crippen molar-refractivity contribution in [2.24, 2.45) is 0 Å². The van der Waals surface area contributed by atoms with Crippen LogP contribution in [-0.2, 0) is 6.54 Å². The van der Waals surface area contributed by atoms with Crippen molar-refractivity contribution in [1.82, 2.24) is 0 Å². The summed E-state index contributed by atoms with van der Waals surface area (Å²) in [6.07, 6.45) is 2.64. The molecule has 0 unspecified atom stereocenters. The molecule has 1 aliphatic carbocycles. The van der Waals surface area contributed by atoms with Crippen molar-refractivity contribution < 1.29 is 4.39 Å². The van der Waals surface area contributed by atoms with Crippen LogP contribution in [0, 0.1) is 5.82 Å². The summed E-state index contributed by atoms with van der Waals surface area (Å²) in [5.41, 5.74) is 3.32. The number of hydrogen-bond acceptors (Lipinski definition) is 1. The van der Waals surface area contributed by atoms with Crippen LogP contribution >= 0.6 is 11.6 Å². The van der Waals surface area contributed by atoms with Gasteiger partial charge in [-0.05, 0) is 48.1 Å². The molecule has 2 aromatic carbocycles. The van der Waals surface area contributed by atoms with Crippen LogP contribution in [-0.4, -0.2) is 0 Å². The molecule has 0 aliphatic heterocycles. The summed E-state index contributed by atoms with van der Waals surface area (Å²) in [6.45, 7) is 0.671. The predicted molar refractivity (Wildman–Crippen MR) is 77.2 cm³/mol. The van der Waals surface area contributed by atoms with Gasteiger partial charge in [0.1, 0.15) is 5.82 Å². The van der Waals surface area contributed by atoms with Crippen molar-refractivity contribution in [3.05, 3.63) is 64.4 Å². The van der Waals surface area contributed by atoms with E-state index in [4.69, 9.17) is 11.6 Å². The molecule has 0 aromatic heterocycles. The summed E-state index contributed by atoms with van der Waals surface area (Å²) >= 11 is 5.81. The van der Waals surface area contributed by atoms with E-state index in [1.807, 2.05) is 0 Å². The first kappa shape index (κ1) is 12.5. The lowest BCUT2D eigenvalue weighted by Crippen LogP contribution is -1.99. The van der Waals surface area contributed by atoms with Gasteiger partial charge in [-0.3, -0.25) is 0 Å². The smallest absolute Gasteiger partial charge is 0.126 e. The van der Waals surface area contributed by atoms with E-state index in [1.54, 1.807) is 6.07 Å². The van der Waals surface area contributed by atoms with Crippen LogP contribution in [0.2, 0.25) is 5.02 Å². The van der Waals surface area contributed by atoms with E-state index in [2.05, 4.69) is 29.6 Å². The Hall–Kier alpha value is -1.54. The minimum absolute atomic E-state index is 0.320. The van der Waals surface area contributed by atoms with Crippen LogP contribution in [0.1, 0.15) is 29.9 Å². The topological polar surface area (TPSA) is 12.0 Å². The van der Waals surface area contributed by atoms with E-state index in [0.29, 0.717) is 17.3 Å². The molecule has 0 amide bonds. The highest BCUT2D eigenvalue weighted by atomic mass is 35.5. The Labute approximate surface area is 117 Å². The molecular formula is C16H15ClFN. The normalized spacial score (nSPS) is 14.4. The summed E-state index contributed by atoms with van der Waals surface area (Å²) in [5.74, 6) is 0.461. The summed E-state index contributed by atoms with van der Waals surface area (Å²) in [5, 5.41) is 3.59. The van der Waals surface area contributed by atoms with E-state index in [0.717, 1.165) is 5.92 Å². The van der Waals surface area contributed by atoms with E-state index < -0.39 is 0 Å². The van der Waals surface area contributed by atoms with E-state index in [1.165, 1.54) is 36.1 Å². The third-order valence-corrected chi connectivity index (χ3v) is 3.61. The molecule has 0 heterocycles. The lowest BCUT2D eigenvalue weighted by atomic mass is 10.1. The van der Waals surface area contributed by atoms with Gasteiger partial charge in [0.25, 0.3) is 0 Å². The van der Waals surface area contributed by atoms with Crippen molar-refractivity contribution in [1.29, 1.82) is 0 Å². The zero-order chi connectivity index (χ0) is 13.2. The quantitative estimate of drug-likeness (QED) is 0.831. The first-order chi connectivity index (χ1) is 9.20. The fraction of sp³-hybridized carbons (Fsp3) is 0.250. The maximum Gasteiger partial charge on any atom is 0.126 e. The van der Waals surface area contributed by atoms with Gasteiger partial charge in [-0.1, -0.05) is 35.9 Å². The first-order valence-corrected chi connectivity index (χ1v) is 6.87. The van der Waals surface area contributed by atoms with E-state index in [9.17, 15) is 4.39 Å². The average Bonchev–Trinajstić information content (AvgIpc) is 3.20. The Kier molecular flexibility index (Phi) is 3.43. The minimum Gasteiger partial charge on any atom is -0.381 e. The molecule has 1 aliphatic rings. The van der Waals surface area contributed by atoms with Crippen LogP contribution in [0.25, 0.3) is 0 Å². The lowest BCUT2D eigenvalue weighted by Gasteiger charge is -2.08. The van der Waals surface area contributed by atoms with Crippen LogP contribution < -0.4 is 5.32 Å². The molecule has 0 bridgehead atoms. The molecule has 98 valence electrons. The van der Waals surface area contributed by atoms with Crippen LogP contribution in [0.3, 0.4) is 0 Å². The minimum atomic E-state index is -0.320. The Bertz CT molecular complexity index is 556. The van der Waals surface area contributed by atoms with Crippen molar-refractivity contribution in [2.75, 3.05) is 5.32 Å². The van der Waals surface area contributed by atoms with Crippen molar-refractivity contribution in [3.8, 4) is 0 Å². The van der Waals surface area contributed by atoms with Crippen molar-refractivity contribution in [2.45, 2.75) is 25.3 Å². The highest BCUT2D eigenvalue weighted by Crippen LogP contribution is 2.39. The zero-order valence-corrected chi connectivity index (χ0v) is 11.3. The second-order valence-corrected chi connectivity index (χ2v) is 5.46. The standard InChI is InChI=1S/C16H15ClFN/c17-14-7-15(18)9-16(8-14)19-10-11-1-3-12(4-2-11)13-5-6-13/h1-4,7-9,13,19H,5-6,10H2. The zero-order valence-electron chi connectivity index (χ0n) is 10.5. The van der Waals surface area contributed by atoms with Crippen LogP contribution in [0.4, 0.5) is 10.1 Å². The predicted octanol–water partition coefficient (Wildman–Crippen LogP) is 4.97. The second-order valence-electron chi connectivity index (χ2n) is 5.03. The maximum atomic E-state index is 13.2. The third kappa shape index (κ3) is 3.27. The van der Waals surface area contributed by atoms with Gasteiger partial charge < -0.3 is 5.32 Å². The molecule has 2 aromatic rings. The summed E-state index contributed by atoms with van der Waals surface area (Å²) < 4.78 is 13.2. The van der Waals surface area contributed by atoms with Crippen molar-refractivity contribution >= 4 is 17.3 Å². The molecule has 1 saturated carbocycles. The monoisotopic (exact) mass is 275 g/mol. The fourth-order valence-corrected chi connectivity index (χ4v) is 2.41. The molecule has 1 N–H and O–H groups in total. The molecule has 0 spiro atoms. The molecular weight excluding hydrogens is 261 g/mol. The van der Waals surface area contributed by atoms with Gasteiger partial charge in [0.15, 0.2) is 0 Å². The molecule has 0 saturated heterocycles. The van der Waals surface area contributed by atoms with E-state index >= 15 is 0 Å². The largest absolute Gasteiger partial charge is 0.381 e. The Morgan fingerprint density at radius 3 is 2.47 bits per heavy atom. The van der Waals surface area contributed by atoms with Crippen LogP contribution in [0.15, 0.2) is 42.5 Å². The summed E-state index contributed by atoms with van der Waals surface area (Å²) in [6, 6.07) is 13.1. The highest BCUT2D eigenvalue weighted by Gasteiger charge is 2.22. The maximum absolute atomic E-state index is 13.2. The molecule has 1 fully saturated rings. The van der Waals surface area contributed by atoms with Gasteiger partial charge in [0.2, 0.25) is 0 Å². The number of rotatable bonds is 4. The molecule has 3 heteroatoms. The van der Waals surface area contributed by atoms with Gasteiger partial charge in [0.05, 0.1) is 0 Å². The average molecular weight is 276 g/mol. The van der Waals surface area contributed by atoms with Gasteiger partial charge in [0, 0.05) is 17.3 Å². The fourth-order valence-electron chi connectivity index (χ4n) is 2.18. The summed E-state index contributed by atoms with van der Waals surface area (Å²) in [7, 11) is 0. The van der Waals surface area contributed by atoms with Gasteiger partial charge >= 0.3 is 0 Å². The Balaban J connectivity index is 1.64. The van der Waals surface area contributed by atoms with Gasteiger partial charge in [-0.25, -0.2) is 4.39 Å². The molecule has 0 radical (unpaired) electrons. The second kappa shape index (κ2) is 5.22. The number of anilines is 1. The number of nitrogens with one attached hydrogen (secondary N) is 1. The Morgan fingerprint density at radius 2 is 1.84 bits per heavy atom. The number of hydrogen-bond donors (Lipinski definition) is 1.